The SMILES string of the molecule is CC1(c2ccccc2)CC(C)(C)N2C(=O)/C(=C3\SC(=S)NC3=O)c3cc(I)cc1c32. The van der Waals surface area contributed by atoms with Crippen LogP contribution >= 0.6 is 46.6 Å². The van der Waals surface area contributed by atoms with Crippen LogP contribution in [-0.4, -0.2) is 21.7 Å². The molecular formula is C23H19IN2O2S2. The summed E-state index contributed by atoms with van der Waals surface area (Å²) < 4.78 is 1.44. The molecule has 2 amide bonds. The van der Waals surface area contributed by atoms with Crippen LogP contribution in [0.2, 0.25) is 0 Å². The van der Waals surface area contributed by atoms with E-state index >= 15 is 0 Å². The number of hydrogen-bond donors (Lipinski definition) is 1. The molecule has 1 atom stereocenters. The van der Waals surface area contributed by atoms with Gasteiger partial charge in [0.2, 0.25) is 0 Å². The van der Waals surface area contributed by atoms with Gasteiger partial charge in [-0.3, -0.25) is 9.59 Å². The van der Waals surface area contributed by atoms with E-state index in [0.29, 0.717) is 14.8 Å². The zero-order valence-electron chi connectivity index (χ0n) is 16.7. The van der Waals surface area contributed by atoms with Gasteiger partial charge in [-0.1, -0.05) is 61.2 Å². The summed E-state index contributed by atoms with van der Waals surface area (Å²) in [6.07, 6.45) is 0.780. The maximum atomic E-state index is 13.7. The summed E-state index contributed by atoms with van der Waals surface area (Å²) in [4.78, 5) is 28.6. The molecule has 0 aromatic heterocycles. The average molecular weight is 546 g/mol. The number of nitrogens with zero attached hydrogens (tertiary/aromatic N) is 1. The average Bonchev–Trinajstić information content (AvgIpc) is 3.15. The summed E-state index contributed by atoms with van der Waals surface area (Å²) in [5.41, 5.74) is 3.91. The van der Waals surface area contributed by atoms with Gasteiger partial charge >= 0.3 is 0 Å². The van der Waals surface area contributed by atoms with E-state index in [1.165, 1.54) is 17.3 Å². The first kappa shape index (κ1) is 20.2. The van der Waals surface area contributed by atoms with Gasteiger partial charge in [-0.05, 0) is 66.1 Å². The Balaban J connectivity index is 1.86. The van der Waals surface area contributed by atoms with E-state index in [4.69, 9.17) is 12.2 Å². The van der Waals surface area contributed by atoms with Crippen molar-refractivity contribution in [2.45, 2.75) is 38.1 Å². The molecule has 1 fully saturated rings. The van der Waals surface area contributed by atoms with Crippen LogP contribution in [0.4, 0.5) is 5.69 Å². The number of rotatable bonds is 1. The van der Waals surface area contributed by atoms with E-state index in [1.54, 1.807) is 0 Å². The van der Waals surface area contributed by atoms with Gasteiger partial charge in [0, 0.05) is 20.1 Å². The van der Waals surface area contributed by atoms with Crippen LogP contribution in [0.25, 0.3) is 5.57 Å². The third kappa shape index (κ3) is 2.74. The zero-order chi connectivity index (χ0) is 21.4. The second-order valence-corrected chi connectivity index (χ2v) is 11.7. The molecule has 1 N–H and O–H groups in total. The van der Waals surface area contributed by atoms with Crippen LogP contribution < -0.4 is 10.2 Å². The van der Waals surface area contributed by atoms with Crippen molar-refractivity contribution in [2.24, 2.45) is 0 Å². The van der Waals surface area contributed by atoms with Gasteiger partial charge in [0.15, 0.2) is 0 Å². The predicted octanol–water partition coefficient (Wildman–Crippen LogP) is 4.99. The van der Waals surface area contributed by atoms with Crippen molar-refractivity contribution in [3.05, 3.63) is 67.6 Å². The van der Waals surface area contributed by atoms with Crippen LogP contribution in [0.3, 0.4) is 0 Å². The maximum absolute atomic E-state index is 13.7. The Bertz CT molecular complexity index is 1190. The molecule has 7 heteroatoms. The van der Waals surface area contributed by atoms with Crippen molar-refractivity contribution >= 4 is 74.0 Å². The van der Waals surface area contributed by atoms with Crippen molar-refractivity contribution in [1.29, 1.82) is 0 Å². The molecule has 3 aliphatic rings. The number of benzene rings is 2. The molecule has 0 bridgehead atoms. The van der Waals surface area contributed by atoms with E-state index in [2.05, 4.69) is 79.0 Å². The molecule has 1 saturated heterocycles. The third-order valence-corrected chi connectivity index (χ3v) is 8.08. The number of nitrogens with one attached hydrogen (secondary N) is 1. The highest BCUT2D eigenvalue weighted by Gasteiger charge is 2.54. The van der Waals surface area contributed by atoms with Gasteiger partial charge in [0.25, 0.3) is 11.8 Å². The number of thioether (sulfide) groups is 1. The largest absolute Gasteiger partial charge is 0.307 e. The number of hydrogen-bond acceptors (Lipinski definition) is 4. The molecule has 1 unspecified atom stereocenters. The van der Waals surface area contributed by atoms with Gasteiger partial charge in [-0.25, -0.2) is 0 Å². The lowest BCUT2D eigenvalue weighted by molar-refractivity contribution is -0.116. The lowest BCUT2D eigenvalue weighted by atomic mass is 9.65. The molecule has 2 aromatic rings. The number of anilines is 1. The fourth-order valence-electron chi connectivity index (χ4n) is 5.16. The summed E-state index contributed by atoms with van der Waals surface area (Å²) in [7, 11) is 0. The molecule has 0 saturated carbocycles. The molecule has 0 aliphatic carbocycles. The van der Waals surface area contributed by atoms with Crippen molar-refractivity contribution in [3.63, 3.8) is 0 Å². The molecule has 30 heavy (non-hydrogen) atoms. The Morgan fingerprint density at radius 2 is 1.83 bits per heavy atom. The second kappa shape index (κ2) is 6.64. The molecule has 3 aliphatic heterocycles. The molecule has 0 spiro atoms. The van der Waals surface area contributed by atoms with Crippen molar-refractivity contribution in [2.75, 3.05) is 4.90 Å². The van der Waals surface area contributed by atoms with Gasteiger partial charge < -0.3 is 10.2 Å². The number of thiocarbonyl (C=S) groups is 1. The quantitative estimate of drug-likeness (QED) is 0.311. The van der Waals surface area contributed by atoms with Crippen molar-refractivity contribution in [3.8, 4) is 0 Å². The second-order valence-electron chi connectivity index (χ2n) is 8.73. The minimum absolute atomic E-state index is 0.115. The fraction of sp³-hybridized carbons (Fsp3) is 0.261. The highest BCUT2D eigenvalue weighted by molar-refractivity contribution is 14.1. The monoisotopic (exact) mass is 546 g/mol. The molecular weight excluding hydrogens is 527 g/mol. The Morgan fingerprint density at radius 1 is 1.13 bits per heavy atom. The Kier molecular flexibility index (Phi) is 4.47. The van der Waals surface area contributed by atoms with E-state index in [1.807, 2.05) is 17.0 Å². The van der Waals surface area contributed by atoms with Gasteiger partial charge in [0.05, 0.1) is 16.2 Å². The fourth-order valence-corrected chi connectivity index (χ4v) is 6.90. The number of amides is 2. The molecule has 5 rings (SSSR count). The first-order valence-electron chi connectivity index (χ1n) is 9.65. The van der Waals surface area contributed by atoms with Crippen LogP contribution in [0.15, 0.2) is 47.4 Å². The highest BCUT2D eigenvalue weighted by Crippen LogP contribution is 2.57. The smallest absolute Gasteiger partial charge is 0.264 e. The Hall–Kier alpha value is -1.71. The van der Waals surface area contributed by atoms with Gasteiger partial charge in [-0.15, -0.1) is 0 Å². The third-order valence-electron chi connectivity index (χ3n) is 6.23. The normalized spacial score (nSPS) is 26.8. The molecule has 4 nitrogen and oxygen atoms in total. The lowest BCUT2D eigenvalue weighted by Gasteiger charge is -2.49. The summed E-state index contributed by atoms with van der Waals surface area (Å²) in [5, 5.41) is 2.66. The topological polar surface area (TPSA) is 49.4 Å². The summed E-state index contributed by atoms with van der Waals surface area (Å²) in [6, 6.07) is 14.7. The van der Waals surface area contributed by atoms with E-state index in [-0.39, 0.29) is 17.2 Å². The predicted molar refractivity (Wildman–Crippen MR) is 133 cm³/mol. The zero-order valence-corrected chi connectivity index (χ0v) is 20.5. The highest BCUT2D eigenvalue weighted by atomic mass is 127. The minimum Gasteiger partial charge on any atom is -0.307 e. The molecule has 3 heterocycles. The summed E-state index contributed by atoms with van der Waals surface area (Å²) in [5.74, 6) is -0.403. The summed E-state index contributed by atoms with van der Waals surface area (Å²) >= 11 is 8.67. The van der Waals surface area contributed by atoms with E-state index < -0.39 is 5.54 Å². The van der Waals surface area contributed by atoms with Crippen LogP contribution in [0, 0.1) is 3.57 Å². The van der Waals surface area contributed by atoms with E-state index in [9.17, 15) is 9.59 Å². The Morgan fingerprint density at radius 3 is 2.47 bits per heavy atom. The van der Waals surface area contributed by atoms with Gasteiger partial charge in [-0.2, -0.15) is 0 Å². The van der Waals surface area contributed by atoms with Crippen molar-refractivity contribution < 1.29 is 9.59 Å². The lowest BCUT2D eigenvalue weighted by Crippen LogP contribution is -2.54. The first-order chi connectivity index (χ1) is 14.1. The molecule has 0 radical (unpaired) electrons. The first-order valence-corrected chi connectivity index (χ1v) is 12.0. The van der Waals surface area contributed by atoms with Gasteiger partial charge in [0.1, 0.15) is 4.32 Å². The standard InChI is InChI=1S/C23H19IN2O2S2/c1-22(2)11-23(3,12-7-5-4-6-8-12)15-10-13(24)9-14-16(20(28)26(22)17(14)15)18-19(27)25-21(29)30-18/h4-10H,11H2,1-3H3,(H,25,27,29)/b18-16-. The summed E-state index contributed by atoms with van der Waals surface area (Å²) in [6.45, 7) is 6.47. The Labute approximate surface area is 198 Å². The van der Waals surface area contributed by atoms with E-state index in [0.717, 1.165) is 26.8 Å². The van der Waals surface area contributed by atoms with Crippen molar-refractivity contribution in [1.82, 2.24) is 5.32 Å². The van der Waals surface area contributed by atoms with Crippen LogP contribution in [0.5, 0.6) is 0 Å². The van der Waals surface area contributed by atoms with Crippen LogP contribution in [-0.2, 0) is 15.0 Å². The molecule has 2 aromatic carbocycles. The number of carbonyl (C=O) groups is 2. The number of carbonyl (C=O) groups excluding carboxylic acids is 2. The van der Waals surface area contributed by atoms with Crippen LogP contribution in [0.1, 0.15) is 43.9 Å². The maximum Gasteiger partial charge on any atom is 0.264 e. The number of halogens is 1. The minimum atomic E-state index is -0.418. The molecule has 152 valence electrons.